The van der Waals surface area contributed by atoms with Crippen molar-refractivity contribution in [2.45, 2.75) is 38.3 Å². The van der Waals surface area contributed by atoms with E-state index in [-0.39, 0.29) is 30.3 Å². The minimum atomic E-state index is 0. The Labute approximate surface area is 142 Å². The number of aromatic nitrogens is 2. The smallest absolute Gasteiger partial charge is 0.227 e. The number of amides is 1. The van der Waals surface area contributed by atoms with Crippen LogP contribution in [0.5, 0.6) is 0 Å². The zero-order chi connectivity index (χ0) is 15.4. The highest BCUT2D eigenvalue weighted by molar-refractivity contribution is 5.92. The Kier molecular flexibility index (Phi) is 6.19. The van der Waals surface area contributed by atoms with Crippen LogP contribution in [0.2, 0.25) is 0 Å². The Morgan fingerprint density at radius 1 is 1.30 bits per heavy atom. The third kappa shape index (κ3) is 4.81. The highest BCUT2D eigenvalue weighted by Crippen LogP contribution is 2.24. The molecule has 124 valence electrons. The molecule has 3 N–H and O–H groups in total. The molecule has 2 atom stereocenters. The van der Waals surface area contributed by atoms with Crippen molar-refractivity contribution in [2.24, 2.45) is 11.7 Å². The molecule has 5 nitrogen and oxygen atoms in total. The van der Waals surface area contributed by atoms with Crippen molar-refractivity contribution < 1.29 is 4.79 Å². The number of carbonyl (C=O) groups excluding carboxylic acids is 1. The van der Waals surface area contributed by atoms with E-state index in [9.17, 15) is 4.79 Å². The molecule has 6 heteroatoms. The summed E-state index contributed by atoms with van der Waals surface area (Å²) in [6.07, 6.45) is 7.34. The van der Waals surface area contributed by atoms with Gasteiger partial charge in [-0.25, -0.2) is 0 Å². The van der Waals surface area contributed by atoms with Gasteiger partial charge in [0.2, 0.25) is 5.91 Å². The van der Waals surface area contributed by atoms with Gasteiger partial charge in [0.15, 0.2) is 0 Å². The van der Waals surface area contributed by atoms with Gasteiger partial charge in [-0.15, -0.1) is 12.4 Å². The minimum absolute atomic E-state index is 0. The Morgan fingerprint density at radius 3 is 2.83 bits per heavy atom. The van der Waals surface area contributed by atoms with Crippen molar-refractivity contribution in [3.63, 3.8) is 0 Å². The van der Waals surface area contributed by atoms with E-state index >= 15 is 0 Å². The van der Waals surface area contributed by atoms with Crippen LogP contribution in [0.4, 0.5) is 5.69 Å². The maximum atomic E-state index is 12.3. The summed E-state index contributed by atoms with van der Waals surface area (Å²) in [4.78, 5) is 12.3. The molecule has 1 amide bonds. The molecule has 1 saturated carbocycles. The van der Waals surface area contributed by atoms with Crippen molar-refractivity contribution in [1.82, 2.24) is 9.78 Å². The predicted molar refractivity (Wildman–Crippen MR) is 93.6 cm³/mol. The van der Waals surface area contributed by atoms with Crippen LogP contribution in [0.25, 0.3) is 0 Å². The Morgan fingerprint density at radius 2 is 2.09 bits per heavy atom. The summed E-state index contributed by atoms with van der Waals surface area (Å²) in [6, 6.07) is 10.3. The van der Waals surface area contributed by atoms with Crippen LogP contribution in [0.15, 0.2) is 42.7 Å². The number of nitrogens with two attached hydrogens (primary N) is 1. The third-order valence-corrected chi connectivity index (χ3v) is 4.17. The molecular weight excluding hydrogens is 312 g/mol. The zero-order valence-electron chi connectivity index (χ0n) is 13.0. The molecule has 1 aromatic carbocycles. The zero-order valence-corrected chi connectivity index (χ0v) is 13.8. The second-order valence-electron chi connectivity index (χ2n) is 6.03. The van der Waals surface area contributed by atoms with Crippen molar-refractivity contribution in [1.29, 1.82) is 0 Å². The van der Waals surface area contributed by atoms with Crippen molar-refractivity contribution in [2.75, 3.05) is 5.32 Å². The lowest BCUT2D eigenvalue weighted by atomic mass is 9.85. The molecule has 0 spiro atoms. The van der Waals surface area contributed by atoms with Crippen molar-refractivity contribution in [3.8, 4) is 0 Å². The third-order valence-electron chi connectivity index (χ3n) is 4.17. The fourth-order valence-electron chi connectivity index (χ4n) is 3.00. The van der Waals surface area contributed by atoms with Crippen LogP contribution < -0.4 is 11.1 Å². The normalized spacial score (nSPS) is 20.6. The molecular formula is C17H23ClN4O. The summed E-state index contributed by atoms with van der Waals surface area (Å²) >= 11 is 0. The number of hydrogen-bond acceptors (Lipinski definition) is 3. The molecule has 0 aliphatic heterocycles. The number of benzene rings is 1. The Bertz CT molecular complexity index is 629. The van der Waals surface area contributed by atoms with Gasteiger partial charge in [-0.3, -0.25) is 9.48 Å². The molecule has 1 heterocycles. The molecule has 3 rings (SSSR count). The lowest BCUT2D eigenvalue weighted by molar-refractivity contribution is -0.120. The van der Waals surface area contributed by atoms with Gasteiger partial charge >= 0.3 is 0 Å². The maximum Gasteiger partial charge on any atom is 0.227 e. The maximum absolute atomic E-state index is 12.3. The number of carbonyl (C=O) groups is 1. The van der Waals surface area contributed by atoms with E-state index < -0.39 is 0 Å². The fraction of sp³-hybridized carbons (Fsp3) is 0.412. The summed E-state index contributed by atoms with van der Waals surface area (Å²) in [5, 5.41) is 7.26. The fourth-order valence-corrected chi connectivity index (χ4v) is 3.00. The van der Waals surface area contributed by atoms with Crippen LogP contribution in [0, 0.1) is 5.92 Å². The summed E-state index contributed by atoms with van der Waals surface area (Å²) < 4.78 is 1.83. The first-order chi connectivity index (χ1) is 10.7. The van der Waals surface area contributed by atoms with Gasteiger partial charge in [0.1, 0.15) is 0 Å². The molecule has 0 bridgehead atoms. The first-order valence-corrected chi connectivity index (χ1v) is 7.83. The average molecular weight is 335 g/mol. The van der Waals surface area contributed by atoms with Crippen LogP contribution in [0.3, 0.4) is 0 Å². The van der Waals surface area contributed by atoms with E-state index in [1.165, 1.54) is 5.56 Å². The van der Waals surface area contributed by atoms with E-state index in [4.69, 9.17) is 5.73 Å². The minimum Gasteiger partial charge on any atom is -0.328 e. The van der Waals surface area contributed by atoms with E-state index in [2.05, 4.69) is 22.5 Å². The molecule has 1 aliphatic rings. The Balaban J connectivity index is 0.00000192. The number of anilines is 1. The summed E-state index contributed by atoms with van der Waals surface area (Å²) in [7, 11) is 0. The SMILES string of the molecule is Cl.NC1CCCC(C(=O)Nc2cnn(Cc3ccccc3)c2)C1. The molecule has 0 radical (unpaired) electrons. The molecule has 2 unspecified atom stereocenters. The van der Waals surface area contributed by atoms with E-state index in [1.807, 2.05) is 29.1 Å². The first kappa shape index (κ1) is 17.5. The van der Waals surface area contributed by atoms with Crippen LogP contribution in [0.1, 0.15) is 31.2 Å². The standard InChI is InChI=1S/C17H22N4O.ClH/c18-15-8-4-7-14(9-15)17(22)20-16-10-19-21(12-16)11-13-5-2-1-3-6-13;/h1-3,5-6,10,12,14-15H,4,7-9,11,18H2,(H,20,22);1H. The van der Waals surface area contributed by atoms with E-state index in [0.717, 1.165) is 31.4 Å². The van der Waals surface area contributed by atoms with Gasteiger partial charge in [-0.2, -0.15) is 5.10 Å². The number of nitrogens with zero attached hydrogens (tertiary/aromatic N) is 2. The van der Waals surface area contributed by atoms with E-state index in [1.54, 1.807) is 6.20 Å². The average Bonchev–Trinajstić information content (AvgIpc) is 2.95. The highest BCUT2D eigenvalue weighted by atomic mass is 35.5. The highest BCUT2D eigenvalue weighted by Gasteiger charge is 2.25. The molecule has 23 heavy (non-hydrogen) atoms. The van der Waals surface area contributed by atoms with Crippen molar-refractivity contribution >= 4 is 24.0 Å². The largest absolute Gasteiger partial charge is 0.328 e. The van der Waals surface area contributed by atoms with Crippen LogP contribution >= 0.6 is 12.4 Å². The molecule has 1 aromatic heterocycles. The van der Waals surface area contributed by atoms with E-state index in [0.29, 0.717) is 6.54 Å². The molecule has 0 saturated heterocycles. The number of nitrogens with one attached hydrogen (secondary N) is 1. The second-order valence-corrected chi connectivity index (χ2v) is 6.03. The monoisotopic (exact) mass is 334 g/mol. The number of halogens is 1. The molecule has 2 aromatic rings. The predicted octanol–water partition coefficient (Wildman–Crippen LogP) is 2.81. The van der Waals surface area contributed by atoms with Gasteiger partial charge in [0.25, 0.3) is 0 Å². The molecule has 1 aliphatic carbocycles. The van der Waals surface area contributed by atoms with Gasteiger partial charge in [-0.05, 0) is 24.8 Å². The molecule has 1 fully saturated rings. The van der Waals surface area contributed by atoms with Gasteiger partial charge in [0, 0.05) is 18.2 Å². The van der Waals surface area contributed by atoms with Crippen LogP contribution in [-0.4, -0.2) is 21.7 Å². The Hall–Kier alpha value is -1.85. The topological polar surface area (TPSA) is 72.9 Å². The summed E-state index contributed by atoms with van der Waals surface area (Å²) in [5.41, 5.74) is 7.88. The lowest BCUT2D eigenvalue weighted by Crippen LogP contribution is -2.34. The first-order valence-electron chi connectivity index (χ1n) is 7.83. The van der Waals surface area contributed by atoms with Crippen LogP contribution in [-0.2, 0) is 11.3 Å². The van der Waals surface area contributed by atoms with Gasteiger partial charge < -0.3 is 11.1 Å². The van der Waals surface area contributed by atoms with Crippen molar-refractivity contribution in [3.05, 3.63) is 48.3 Å². The lowest BCUT2D eigenvalue weighted by Gasteiger charge is -2.25. The quantitative estimate of drug-likeness (QED) is 0.903. The summed E-state index contributed by atoms with van der Waals surface area (Å²) in [5.74, 6) is 0.0932. The second kappa shape index (κ2) is 8.13. The number of rotatable bonds is 4. The summed E-state index contributed by atoms with van der Waals surface area (Å²) in [6.45, 7) is 0.699. The van der Waals surface area contributed by atoms with Gasteiger partial charge in [-0.1, -0.05) is 36.8 Å². The number of hydrogen-bond donors (Lipinski definition) is 2. The van der Waals surface area contributed by atoms with Gasteiger partial charge in [0.05, 0.1) is 18.4 Å².